The Labute approximate surface area is 177 Å². The number of esters is 1. The highest BCUT2D eigenvalue weighted by Crippen LogP contribution is 2.26. The molecule has 162 valence electrons. The van der Waals surface area contributed by atoms with Crippen LogP contribution < -0.4 is 0 Å². The molecule has 0 bridgehead atoms. The van der Waals surface area contributed by atoms with Gasteiger partial charge in [-0.3, -0.25) is 24.6 Å². The van der Waals surface area contributed by atoms with Gasteiger partial charge in [0.05, 0.1) is 21.8 Å². The van der Waals surface area contributed by atoms with Crippen molar-refractivity contribution in [3.63, 3.8) is 0 Å². The summed E-state index contributed by atoms with van der Waals surface area (Å²) in [7, 11) is -3.50. The predicted octanol–water partition coefficient (Wildman–Crippen LogP) is 1.74. The van der Waals surface area contributed by atoms with Gasteiger partial charge in [0, 0.05) is 18.4 Å². The van der Waals surface area contributed by atoms with Gasteiger partial charge in [-0.1, -0.05) is 24.3 Å². The number of rotatable bonds is 8. The largest absolute Gasteiger partial charge is 0.459 e. The molecule has 1 unspecified atom stereocenters. The Hall–Kier alpha value is -3.60. The molecule has 2 amide bonds. The normalized spacial score (nSPS) is 14.3. The summed E-state index contributed by atoms with van der Waals surface area (Å²) >= 11 is 0. The van der Waals surface area contributed by atoms with Crippen LogP contribution >= 0.6 is 0 Å². The number of non-ortho nitro benzene ring substituents is 1. The van der Waals surface area contributed by atoms with Crippen molar-refractivity contribution in [1.82, 2.24) is 4.90 Å². The lowest BCUT2D eigenvalue weighted by Gasteiger charge is -2.24. The Bertz CT molecular complexity index is 1140. The van der Waals surface area contributed by atoms with E-state index in [9.17, 15) is 32.9 Å². The maximum Gasteiger partial charge on any atom is 0.329 e. The molecule has 0 aromatic heterocycles. The fourth-order valence-corrected chi connectivity index (χ4v) is 3.83. The first-order valence-corrected chi connectivity index (χ1v) is 11.2. The van der Waals surface area contributed by atoms with E-state index in [0.717, 1.165) is 6.26 Å². The van der Waals surface area contributed by atoms with E-state index in [0.29, 0.717) is 10.5 Å². The molecule has 0 saturated carbocycles. The van der Waals surface area contributed by atoms with E-state index in [-0.39, 0.29) is 29.8 Å². The molecule has 0 N–H and O–H groups in total. The lowest BCUT2D eigenvalue weighted by atomic mass is 10.1. The van der Waals surface area contributed by atoms with Crippen molar-refractivity contribution in [2.24, 2.45) is 0 Å². The van der Waals surface area contributed by atoms with Crippen LogP contribution in [0.2, 0.25) is 0 Å². The number of carbonyl (C=O) groups excluding carboxylic acids is 3. The minimum absolute atomic E-state index is 0.114. The van der Waals surface area contributed by atoms with Gasteiger partial charge < -0.3 is 4.74 Å². The lowest BCUT2D eigenvalue weighted by molar-refractivity contribution is -0.384. The molecule has 0 radical (unpaired) electrons. The molecule has 3 rings (SSSR count). The summed E-state index contributed by atoms with van der Waals surface area (Å²) < 4.78 is 28.5. The molecular formula is C20H18N2O8S. The maximum absolute atomic E-state index is 12.8. The van der Waals surface area contributed by atoms with Crippen LogP contribution in [0.3, 0.4) is 0 Å². The van der Waals surface area contributed by atoms with Gasteiger partial charge in [-0.05, 0) is 24.1 Å². The van der Waals surface area contributed by atoms with Gasteiger partial charge in [0.1, 0.15) is 22.5 Å². The molecule has 10 nitrogen and oxygen atoms in total. The zero-order chi connectivity index (χ0) is 22.8. The van der Waals surface area contributed by atoms with Gasteiger partial charge in [0.25, 0.3) is 17.5 Å². The number of benzene rings is 2. The number of imide groups is 1. The number of sulfone groups is 1. The summed E-state index contributed by atoms with van der Waals surface area (Å²) in [6, 6.07) is 10.00. The molecule has 0 saturated heterocycles. The van der Waals surface area contributed by atoms with E-state index in [1.165, 1.54) is 36.4 Å². The second kappa shape index (κ2) is 8.64. The van der Waals surface area contributed by atoms with Gasteiger partial charge >= 0.3 is 5.97 Å². The highest BCUT2D eigenvalue weighted by atomic mass is 32.2. The number of hydrogen-bond acceptors (Lipinski definition) is 8. The number of carbonyl (C=O) groups is 3. The Balaban J connectivity index is 1.83. The molecule has 2 aromatic carbocycles. The maximum atomic E-state index is 12.8. The van der Waals surface area contributed by atoms with Crippen LogP contribution in [0.4, 0.5) is 5.69 Å². The smallest absolute Gasteiger partial charge is 0.329 e. The molecular weight excluding hydrogens is 428 g/mol. The van der Waals surface area contributed by atoms with Crippen LogP contribution in [0.25, 0.3) is 0 Å². The van der Waals surface area contributed by atoms with Gasteiger partial charge in [-0.15, -0.1) is 0 Å². The number of fused-ring (bicyclic) bond motifs is 1. The minimum Gasteiger partial charge on any atom is -0.459 e. The average Bonchev–Trinajstić information content (AvgIpc) is 2.97. The Morgan fingerprint density at radius 1 is 1.10 bits per heavy atom. The van der Waals surface area contributed by atoms with Crippen LogP contribution in [0.1, 0.15) is 32.7 Å². The lowest BCUT2D eigenvalue weighted by Crippen LogP contribution is -2.46. The number of ether oxygens (including phenoxy) is 1. The highest BCUT2D eigenvalue weighted by molar-refractivity contribution is 7.90. The zero-order valence-electron chi connectivity index (χ0n) is 16.4. The second-order valence-corrected chi connectivity index (χ2v) is 9.25. The molecule has 1 heterocycles. The van der Waals surface area contributed by atoms with Crippen molar-refractivity contribution >= 4 is 33.3 Å². The van der Waals surface area contributed by atoms with Gasteiger partial charge in [-0.2, -0.15) is 0 Å². The van der Waals surface area contributed by atoms with Gasteiger partial charge in [0.15, 0.2) is 0 Å². The van der Waals surface area contributed by atoms with E-state index in [1.54, 1.807) is 12.1 Å². The summed E-state index contributed by atoms with van der Waals surface area (Å²) in [5.74, 6) is -2.86. The first kappa shape index (κ1) is 22.1. The number of nitro benzene ring substituents is 1. The number of hydrogen-bond donors (Lipinski definition) is 0. The van der Waals surface area contributed by atoms with Crippen molar-refractivity contribution in [3.05, 3.63) is 75.3 Å². The van der Waals surface area contributed by atoms with E-state index in [2.05, 4.69) is 0 Å². The van der Waals surface area contributed by atoms with Gasteiger partial charge in [-0.25, -0.2) is 13.2 Å². The molecule has 1 atom stereocenters. The average molecular weight is 446 g/mol. The second-order valence-electron chi connectivity index (χ2n) is 6.99. The van der Waals surface area contributed by atoms with Crippen molar-refractivity contribution in [2.75, 3.05) is 12.0 Å². The first-order valence-electron chi connectivity index (χ1n) is 9.13. The highest BCUT2D eigenvalue weighted by Gasteiger charge is 2.43. The van der Waals surface area contributed by atoms with Crippen LogP contribution in [-0.4, -0.2) is 54.1 Å². The molecule has 0 aliphatic carbocycles. The van der Waals surface area contributed by atoms with Crippen LogP contribution in [0, 0.1) is 10.1 Å². The third kappa shape index (κ3) is 4.94. The van der Waals surface area contributed by atoms with E-state index in [4.69, 9.17) is 4.74 Å². The quantitative estimate of drug-likeness (QED) is 0.258. The third-order valence-corrected chi connectivity index (χ3v) is 5.65. The molecule has 31 heavy (non-hydrogen) atoms. The predicted molar refractivity (Wildman–Crippen MR) is 108 cm³/mol. The van der Waals surface area contributed by atoms with Crippen LogP contribution in [0.15, 0.2) is 48.5 Å². The van der Waals surface area contributed by atoms with Crippen molar-refractivity contribution in [2.45, 2.75) is 19.1 Å². The molecule has 1 aliphatic rings. The minimum atomic E-state index is -3.50. The Morgan fingerprint density at radius 3 is 2.26 bits per heavy atom. The Morgan fingerprint density at radius 2 is 1.71 bits per heavy atom. The number of amides is 2. The summed E-state index contributed by atoms with van der Waals surface area (Å²) in [6.45, 7) is -0.348. The van der Waals surface area contributed by atoms with Crippen molar-refractivity contribution < 1.29 is 32.5 Å². The summed E-state index contributed by atoms with van der Waals surface area (Å²) in [4.78, 5) is 49.3. The van der Waals surface area contributed by atoms with Crippen molar-refractivity contribution in [3.8, 4) is 0 Å². The fourth-order valence-electron chi connectivity index (χ4n) is 3.18. The number of nitrogens with zero attached hydrogens (tertiary/aromatic N) is 2. The fraction of sp³-hybridized carbons (Fsp3) is 0.250. The topological polar surface area (TPSA) is 141 Å². The van der Waals surface area contributed by atoms with E-state index >= 15 is 0 Å². The van der Waals surface area contributed by atoms with Crippen LogP contribution in [0.5, 0.6) is 0 Å². The summed E-state index contributed by atoms with van der Waals surface area (Å²) in [6.07, 6.45) is 0.638. The summed E-state index contributed by atoms with van der Waals surface area (Å²) in [5.41, 5.74) is 0.362. The first-order chi connectivity index (χ1) is 14.6. The SMILES string of the molecule is CS(=O)(=O)CCC(C(=O)OCc1cccc([N+](=O)[O-])c1)N1C(=O)c2ccccc2C1=O. The molecule has 11 heteroatoms. The molecule has 0 fully saturated rings. The van der Waals surface area contributed by atoms with E-state index in [1.807, 2.05) is 0 Å². The standard InChI is InChI=1S/C20H18N2O8S/c1-31(28,29)10-9-17(21-18(23)15-7-2-3-8-16(15)19(21)24)20(25)30-12-13-5-4-6-14(11-13)22(26)27/h2-8,11,17H,9-10,12H2,1H3. The number of nitro groups is 1. The summed E-state index contributed by atoms with van der Waals surface area (Å²) in [5, 5.41) is 10.9. The Kier molecular flexibility index (Phi) is 6.16. The molecule has 2 aromatic rings. The van der Waals surface area contributed by atoms with Crippen LogP contribution in [-0.2, 0) is 26.0 Å². The van der Waals surface area contributed by atoms with Gasteiger partial charge in [0.2, 0.25) is 0 Å². The van der Waals surface area contributed by atoms with Crippen molar-refractivity contribution in [1.29, 1.82) is 0 Å². The molecule has 0 spiro atoms. The third-order valence-electron chi connectivity index (χ3n) is 4.67. The van der Waals surface area contributed by atoms with E-state index < -0.39 is 44.3 Å². The zero-order valence-corrected chi connectivity index (χ0v) is 17.2. The monoisotopic (exact) mass is 446 g/mol. The molecule has 1 aliphatic heterocycles.